The third kappa shape index (κ3) is 3.62. The molecular formula is C14H21NO. The van der Waals surface area contributed by atoms with Crippen LogP contribution in [0.3, 0.4) is 0 Å². The monoisotopic (exact) mass is 219 g/mol. The van der Waals surface area contributed by atoms with Gasteiger partial charge in [0.1, 0.15) is 0 Å². The number of ether oxygens (including phenoxy) is 1. The van der Waals surface area contributed by atoms with Crippen LogP contribution in [0.2, 0.25) is 0 Å². The van der Waals surface area contributed by atoms with Gasteiger partial charge in [-0.05, 0) is 49.9 Å². The first kappa shape index (κ1) is 11.6. The molecule has 0 heterocycles. The zero-order valence-corrected chi connectivity index (χ0v) is 10.0. The SMILES string of the molecule is CNCCc1ccccc1COCC1CC1. The van der Waals surface area contributed by atoms with Crippen LogP contribution >= 0.6 is 0 Å². The van der Waals surface area contributed by atoms with E-state index in [4.69, 9.17) is 4.74 Å². The normalized spacial score (nSPS) is 15.3. The first-order chi connectivity index (χ1) is 7.90. The third-order valence-electron chi connectivity index (χ3n) is 3.07. The topological polar surface area (TPSA) is 21.3 Å². The van der Waals surface area contributed by atoms with E-state index in [0.717, 1.165) is 32.1 Å². The van der Waals surface area contributed by atoms with E-state index >= 15 is 0 Å². The van der Waals surface area contributed by atoms with Crippen molar-refractivity contribution in [3.63, 3.8) is 0 Å². The summed E-state index contributed by atoms with van der Waals surface area (Å²) in [6.07, 6.45) is 3.81. The van der Waals surface area contributed by atoms with Crippen molar-refractivity contribution in [2.75, 3.05) is 20.2 Å². The van der Waals surface area contributed by atoms with Crippen LogP contribution in [-0.2, 0) is 17.8 Å². The predicted octanol–water partition coefficient (Wildman–Crippen LogP) is 2.38. The number of hydrogen-bond acceptors (Lipinski definition) is 2. The molecule has 1 aliphatic rings. The molecule has 0 aromatic heterocycles. The zero-order valence-electron chi connectivity index (χ0n) is 10.0. The van der Waals surface area contributed by atoms with Gasteiger partial charge in [0.2, 0.25) is 0 Å². The van der Waals surface area contributed by atoms with Gasteiger partial charge in [-0.3, -0.25) is 0 Å². The smallest absolute Gasteiger partial charge is 0.0719 e. The van der Waals surface area contributed by atoms with Crippen molar-refractivity contribution >= 4 is 0 Å². The molecule has 1 saturated carbocycles. The Kier molecular flexibility index (Phi) is 4.37. The molecule has 0 unspecified atom stereocenters. The van der Waals surface area contributed by atoms with Crippen molar-refractivity contribution in [1.82, 2.24) is 5.32 Å². The molecule has 2 heteroatoms. The standard InChI is InChI=1S/C14H21NO/c1-15-9-8-13-4-2-3-5-14(13)11-16-10-12-6-7-12/h2-5,12,15H,6-11H2,1H3. The van der Waals surface area contributed by atoms with Gasteiger partial charge in [-0.2, -0.15) is 0 Å². The Labute approximate surface area is 98.0 Å². The lowest BCUT2D eigenvalue weighted by Gasteiger charge is -2.09. The Hall–Kier alpha value is -0.860. The average Bonchev–Trinajstić information content (AvgIpc) is 3.12. The Morgan fingerprint density at radius 1 is 1.25 bits per heavy atom. The summed E-state index contributed by atoms with van der Waals surface area (Å²) in [6.45, 7) is 2.75. The maximum absolute atomic E-state index is 5.74. The molecule has 16 heavy (non-hydrogen) atoms. The van der Waals surface area contributed by atoms with Gasteiger partial charge in [0.25, 0.3) is 0 Å². The number of rotatable bonds is 7. The van der Waals surface area contributed by atoms with Gasteiger partial charge in [-0.1, -0.05) is 24.3 Å². The number of likely N-dealkylation sites (N-methyl/N-ethyl adjacent to an activating group) is 1. The van der Waals surface area contributed by atoms with E-state index in [1.807, 2.05) is 7.05 Å². The van der Waals surface area contributed by atoms with Gasteiger partial charge in [-0.15, -0.1) is 0 Å². The van der Waals surface area contributed by atoms with Crippen LogP contribution in [0.5, 0.6) is 0 Å². The fraction of sp³-hybridized carbons (Fsp3) is 0.571. The summed E-state index contributed by atoms with van der Waals surface area (Å²) in [5.41, 5.74) is 2.76. The second-order valence-corrected chi connectivity index (χ2v) is 4.58. The lowest BCUT2D eigenvalue weighted by molar-refractivity contribution is 0.111. The first-order valence-corrected chi connectivity index (χ1v) is 6.19. The maximum Gasteiger partial charge on any atom is 0.0719 e. The fourth-order valence-electron chi connectivity index (χ4n) is 1.82. The second kappa shape index (κ2) is 6.02. The van der Waals surface area contributed by atoms with Crippen molar-refractivity contribution in [3.05, 3.63) is 35.4 Å². The molecule has 2 nitrogen and oxygen atoms in total. The molecule has 0 atom stereocenters. The van der Waals surface area contributed by atoms with Crippen molar-refractivity contribution in [1.29, 1.82) is 0 Å². The van der Waals surface area contributed by atoms with E-state index in [2.05, 4.69) is 29.6 Å². The molecule has 0 radical (unpaired) electrons. The third-order valence-corrected chi connectivity index (χ3v) is 3.07. The maximum atomic E-state index is 5.74. The molecule has 1 aromatic rings. The summed E-state index contributed by atoms with van der Waals surface area (Å²) in [5, 5.41) is 3.19. The second-order valence-electron chi connectivity index (χ2n) is 4.58. The summed E-state index contributed by atoms with van der Waals surface area (Å²) in [6, 6.07) is 8.58. The van der Waals surface area contributed by atoms with Crippen molar-refractivity contribution < 1.29 is 4.74 Å². The van der Waals surface area contributed by atoms with E-state index in [-0.39, 0.29) is 0 Å². The molecule has 0 aliphatic heterocycles. The summed E-state index contributed by atoms with van der Waals surface area (Å²) in [4.78, 5) is 0. The minimum Gasteiger partial charge on any atom is -0.376 e. The summed E-state index contributed by atoms with van der Waals surface area (Å²) >= 11 is 0. The van der Waals surface area contributed by atoms with Crippen LogP contribution in [0.25, 0.3) is 0 Å². The van der Waals surface area contributed by atoms with Crippen LogP contribution in [0.15, 0.2) is 24.3 Å². The summed E-state index contributed by atoms with van der Waals surface area (Å²) in [7, 11) is 1.99. The minimum atomic E-state index is 0.774. The Balaban J connectivity index is 1.84. The Morgan fingerprint density at radius 2 is 2.00 bits per heavy atom. The first-order valence-electron chi connectivity index (χ1n) is 6.19. The van der Waals surface area contributed by atoms with Crippen LogP contribution in [0.4, 0.5) is 0 Å². The number of nitrogens with one attached hydrogen (secondary N) is 1. The van der Waals surface area contributed by atoms with Crippen molar-refractivity contribution in [2.24, 2.45) is 5.92 Å². The Morgan fingerprint density at radius 3 is 2.69 bits per heavy atom. The predicted molar refractivity (Wildman–Crippen MR) is 66.5 cm³/mol. The average molecular weight is 219 g/mol. The molecule has 1 aliphatic carbocycles. The minimum absolute atomic E-state index is 0.774. The van der Waals surface area contributed by atoms with Crippen LogP contribution < -0.4 is 5.32 Å². The highest BCUT2D eigenvalue weighted by atomic mass is 16.5. The highest BCUT2D eigenvalue weighted by Crippen LogP contribution is 2.29. The highest BCUT2D eigenvalue weighted by molar-refractivity contribution is 5.26. The van der Waals surface area contributed by atoms with E-state index in [0.29, 0.717) is 0 Å². The van der Waals surface area contributed by atoms with Crippen LogP contribution in [0.1, 0.15) is 24.0 Å². The lowest BCUT2D eigenvalue weighted by Crippen LogP contribution is -2.12. The fourth-order valence-corrected chi connectivity index (χ4v) is 1.82. The zero-order chi connectivity index (χ0) is 11.2. The van der Waals surface area contributed by atoms with E-state index < -0.39 is 0 Å². The van der Waals surface area contributed by atoms with Gasteiger partial charge in [0, 0.05) is 6.61 Å². The molecule has 1 aromatic carbocycles. The van der Waals surface area contributed by atoms with E-state index in [1.165, 1.54) is 24.0 Å². The number of hydrogen-bond donors (Lipinski definition) is 1. The lowest BCUT2D eigenvalue weighted by atomic mass is 10.1. The largest absolute Gasteiger partial charge is 0.376 e. The quantitative estimate of drug-likeness (QED) is 0.760. The number of benzene rings is 1. The molecule has 0 bridgehead atoms. The molecule has 2 rings (SSSR count). The van der Waals surface area contributed by atoms with Crippen LogP contribution in [-0.4, -0.2) is 20.2 Å². The molecule has 0 amide bonds. The molecule has 0 saturated heterocycles. The molecule has 0 spiro atoms. The van der Waals surface area contributed by atoms with Gasteiger partial charge in [0.15, 0.2) is 0 Å². The van der Waals surface area contributed by atoms with Crippen molar-refractivity contribution in [3.8, 4) is 0 Å². The van der Waals surface area contributed by atoms with Gasteiger partial charge in [-0.25, -0.2) is 0 Å². The molecule has 1 N–H and O–H groups in total. The summed E-state index contributed by atoms with van der Waals surface area (Å²) < 4.78 is 5.74. The van der Waals surface area contributed by atoms with Crippen molar-refractivity contribution in [2.45, 2.75) is 25.9 Å². The molecular weight excluding hydrogens is 198 g/mol. The van der Waals surface area contributed by atoms with Gasteiger partial charge < -0.3 is 10.1 Å². The molecule has 1 fully saturated rings. The Bertz CT molecular complexity index is 320. The van der Waals surface area contributed by atoms with E-state index in [9.17, 15) is 0 Å². The summed E-state index contributed by atoms with van der Waals surface area (Å²) in [5.74, 6) is 0.851. The highest BCUT2D eigenvalue weighted by Gasteiger charge is 2.21. The van der Waals surface area contributed by atoms with Gasteiger partial charge in [0.05, 0.1) is 6.61 Å². The van der Waals surface area contributed by atoms with Gasteiger partial charge >= 0.3 is 0 Å². The molecule has 88 valence electrons. The van der Waals surface area contributed by atoms with Crippen LogP contribution in [0, 0.1) is 5.92 Å². The van der Waals surface area contributed by atoms with E-state index in [1.54, 1.807) is 0 Å².